The van der Waals surface area contributed by atoms with E-state index in [1.807, 2.05) is 49.7 Å². The van der Waals surface area contributed by atoms with Gasteiger partial charge in [0.25, 0.3) is 0 Å². The molecule has 33 heavy (non-hydrogen) atoms. The normalized spacial score (nSPS) is 16.9. The molecule has 1 aromatic carbocycles. The fourth-order valence-corrected chi connectivity index (χ4v) is 4.30. The van der Waals surface area contributed by atoms with Gasteiger partial charge in [-0.1, -0.05) is 18.2 Å². The summed E-state index contributed by atoms with van der Waals surface area (Å²) in [4.78, 5) is 27.7. The summed E-state index contributed by atoms with van der Waals surface area (Å²) in [5.74, 6) is 0.370. The lowest BCUT2D eigenvalue weighted by atomic mass is 10.1. The topological polar surface area (TPSA) is 112 Å². The standard InChI is InChI=1S/C24H27N7O2/c1-24(2,3)33-23(32)30-10-6-8-17(13-30)31-22-19(21(25)27-14-28-22)20(29-31)16-11-15-7-4-5-9-18(15)26-12-16/h4-5,7,9,11-12,14,17H,6,8,10,13H2,1-3H3,(H2,25,27,28)/t17-/m1/s1. The highest BCUT2D eigenvalue weighted by Gasteiger charge is 2.31. The molecule has 0 saturated carbocycles. The highest BCUT2D eigenvalue weighted by molar-refractivity contribution is 5.99. The number of rotatable bonds is 2. The maximum absolute atomic E-state index is 12.7. The Labute approximate surface area is 191 Å². The minimum atomic E-state index is -0.541. The number of piperidine rings is 1. The van der Waals surface area contributed by atoms with E-state index in [1.165, 1.54) is 6.33 Å². The SMILES string of the molecule is CC(C)(C)OC(=O)N1CCC[C@@H](n2nc(-c3cnc4ccccc4c3)c3c(N)ncnc32)C1. The molecule has 4 aromatic rings. The first-order valence-corrected chi connectivity index (χ1v) is 11.1. The summed E-state index contributed by atoms with van der Waals surface area (Å²) < 4.78 is 7.47. The molecule has 0 unspecified atom stereocenters. The van der Waals surface area contributed by atoms with Crippen LogP contribution < -0.4 is 5.73 Å². The number of fused-ring (bicyclic) bond motifs is 2. The van der Waals surface area contributed by atoms with E-state index >= 15 is 0 Å². The Bertz CT molecular complexity index is 1340. The number of para-hydroxylation sites is 1. The lowest BCUT2D eigenvalue weighted by Crippen LogP contribution is -2.43. The van der Waals surface area contributed by atoms with E-state index in [9.17, 15) is 4.79 Å². The number of nitrogens with two attached hydrogens (primary N) is 1. The highest BCUT2D eigenvalue weighted by atomic mass is 16.6. The molecule has 0 aliphatic carbocycles. The lowest BCUT2D eigenvalue weighted by Gasteiger charge is -2.34. The Balaban J connectivity index is 1.55. The van der Waals surface area contributed by atoms with E-state index in [1.54, 1.807) is 11.1 Å². The van der Waals surface area contributed by atoms with Crippen molar-refractivity contribution >= 4 is 33.8 Å². The van der Waals surface area contributed by atoms with E-state index in [0.717, 1.165) is 29.3 Å². The number of nitrogen functional groups attached to an aromatic ring is 1. The molecule has 1 amide bonds. The quantitative estimate of drug-likeness (QED) is 0.492. The molecule has 2 N–H and O–H groups in total. The van der Waals surface area contributed by atoms with Gasteiger partial charge >= 0.3 is 6.09 Å². The number of carbonyl (C=O) groups is 1. The number of nitrogens with zero attached hydrogens (tertiary/aromatic N) is 6. The van der Waals surface area contributed by atoms with Gasteiger partial charge in [-0.05, 0) is 45.7 Å². The maximum atomic E-state index is 12.7. The monoisotopic (exact) mass is 445 g/mol. The van der Waals surface area contributed by atoms with Crippen LogP contribution >= 0.6 is 0 Å². The molecule has 9 nitrogen and oxygen atoms in total. The van der Waals surface area contributed by atoms with E-state index in [0.29, 0.717) is 35.6 Å². The van der Waals surface area contributed by atoms with Crippen LogP contribution in [0.25, 0.3) is 33.2 Å². The molecule has 3 aromatic heterocycles. The minimum Gasteiger partial charge on any atom is -0.444 e. The highest BCUT2D eigenvalue weighted by Crippen LogP contribution is 2.34. The van der Waals surface area contributed by atoms with Gasteiger partial charge in [0.05, 0.1) is 16.9 Å². The first-order valence-electron chi connectivity index (χ1n) is 11.1. The first kappa shape index (κ1) is 21.1. The summed E-state index contributed by atoms with van der Waals surface area (Å²) in [5, 5.41) is 6.65. The number of hydrogen-bond acceptors (Lipinski definition) is 7. The molecule has 0 radical (unpaired) electrons. The summed E-state index contributed by atoms with van der Waals surface area (Å²) in [6.07, 6.45) is 4.66. The Kier molecular flexibility index (Phi) is 5.11. The summed E-state index contributed by atoms with van der Waals surface area (Å²) >= 11 is 0. The second-order valence-corrected chi connectivity index (χ2v) is 9.39. The third kappa shape index (κ3) is 4.06. The smallest absolute Gasteiger partial charge is 0.410 e. The Morgan fingerprint density at radius 3 is 2.82 bits per heavy atom. The van der Waals surface area contributed by atoms with E-state index in [4.69, 9.17) is 15.6 Å². The predicted molar refractivity (Wildman–Crippen MR) is 127 cm³/mol. The van der Waals surface area contributed by atoms with Crippen molar-refractivity contribution in [1.29, 1.82) is 0 Å². The van der Waals surface area contributed by atoms with Crippen molar-refractivity contribution in [1.82, 2.24) is 29.6 Å². The number of amides is 1. The average molecular weight is 446 g/mol. The van der Waals surface area contributed by atoms with Crippen LogP contribution in [-0.4, -0.2) is 54.4 Å². The van der Waals surface area contributed by atoms with Crippen molar-refractivity contribution in [3.05, 3.63) is 42.9 Å². The van der Waals surface area contributed by atoms with Gasteiger partial charge in [-0.25, -0.2) is 19.4 Å². The van der Waals surface area contributed by atoms with Crippen LogP contribution in [0.2, 0.25) is 0 Å². The van der Waals surface area contributed by atoms with Gasteiger partial charge in [-0.3, -0.25) is 4.98 Å². The first-order chi connectivity index (χ1) is 15.8. The number of ether oxygens (including phenoxy) is 1. The zero-order valence-corrected chi connectivity index (χ0v) is 19.0. The van der Waals surface area contributed by atoms with Crippen molar-refractivity contribution in [3.63, 3.8) is 0 Å². The number of aromatic nitrogens is 5. The van der Waals surface area contributed by atoms with Crippen LogP contribution in [0.5, 0.6) is 0 Å². The molecule has 1 aliphatic rings. The number of likely N-dealkylation sites (tertiary alicyclic amines) is 1. The molecule has 9 heteroatoms. The van der Waals surface area contributed by atoms with Gasteiger partial charge in [0.15, 0.2) is 5.65 Å². The number of benzene rings is 1. The molecular formula is C24H27N7O2. The van der Waals surface area contributed by atoms with Gasteiger partial charge < -0.3 is 15.4 Å². The van der Waals surface area contributed by atoms with Gasteiger partial charge in [0.1, 0.15) is 23.4 Å². The molecule has 5 rings (SSSR count). The fourth-order valence-electron chi connectivity index (χ4n) is 4.30. The van der Waals surface area contributed by atoms with Crippen molar-refractivity contribution < 1.29 is 9.53 Å². The zero-order valence-electron chi connectivity index (χ0n) is 19.0. The van der Waals surface area contributed by atoms with Gasteiger partial charge in [-0.2, -0.15) is 5.10 Å². The summed E-state index contributed by atoms with van der Waals surface area (Å²) in [6.45, 7) is 6.76. The lowest BCUT2D eigenvalue weighted by molar-refractivity contribution is 0.0169. The van der Waals surface area contributed by atoms with Crippen LogP contribution in [0.1, 0.15) is 39.7 Å². The third-order valence-corrected chi connectivity index (χ3v) is 5.78. The fraction of sp³-hybridized carbons (Fsp3) is 0.375. The van der Waals surface area contributed by atoms with Crippen molar-refractivity contribution in [2.75, 3.05) is 18.8 Å². The summed E-state index contributed by atoms with van der Waals surface area (Å²) in [6, 6.07) is 9.94. The molecule has 1 aliphatic heterocycles. The Hall–Kier alpha value is -3.75. The maximum Gasteiger partial charge on any atom is 0.410 e. The third-order valence-electron chi connectivity index (χ3n) is 5.78. The van der Waals surface area contributed by atoms with Crippen LogP contribution in [0.4, 0.5) is 10.6 Å². The number of anilines is 1. The molecule has 1 saturated heterocycles. The number of hydrogen-bond donors (Lipinski definition) is 1. The van der Waals surface area contributed by atoms with E-state index in [-0.39, 0.29) is 12.1 Å². The van der Waals surface area contributed by atoms with Gasteiger partial charge in [0.2, 0.25) is 0 Å². The van der Waals surface area contributed by atoms with Crippen molar-refractivity contribution in [3.8, 4) is 11.3 Å². The van der Waals surface area contributed by atoms with Crippen molar-refractivity contribution in [2.24, 2.45) is 0 Å². The second kappa shape index (κ2) is 7.99. The number of carbonyl (C=O) groups excluding carboxylic acids is 1. The van der Waals surface area contributed by atoms with Crippen LogP contribution in [0.15, 0.2) is 42.9 Å². The molecule has 170 valence electrons. The summed E-state index contributed by atoms with van der Waals surface area (Å²) in [7, 11) is 0. The minimum absolute atomic E-state index is 0.0507. The largest absolute Gasteiger partial charge is 0.444 e. The van der Waals surface area contributed by atoms with Crippen LogP contribution in [0, 0.1) is 0 Å². The predicted octanol–water partition coefficient (Wildman–Crippen LogP) is 4.20. The second-order valence-electron chi connectivity index (χ2n) is 9.39. The average Bonchev–Trinajstić information content (AvgIpc) is 3.19. The van der Waals surface area contributed by atoms with Crippen LogP contribution in [-0.2, 0) is 4.74 Å². The molecule has 0 bridgehead atoms. The zero-order chi connectivity index (χ0) is 23.2. The van der Waals surface area contributed by atoms with Crippen molar-refractivity contribution in [2.45, 2.75) is 45.3 Å². The van der Waals surface area contributed by atoms with E-state index in [2.05, 4.69) is 21.0 Å². The van der Waals surface area contributed by atoms with E-state index < -0.39 is 5.60 Å². The molecular weight excluding hydrogens is 418 g/mol. The molecule has 0 spiro atoms. The Morgan fingerprint density at radius 2 is 2.00 bits per heavy atom. The molecule has 1 atom stereocenters. The van der Waals surface area contributed by atoms with Crippen LogP contribution in [0.3, 0.4) is 0 Å². The van der Waals surface area contributed by atoms with Gasteiger partial charge in [0, 0.05) is 30.2 Å². The summed E-state index contributed by atoms with van der Waals surface area (Å²) in [5.41, 5.74) is 8.85. The molecule has 4 heterocycles. The number of pyridine rings is 1. The Morgan fingerprint density at radius 1 is 1.18 bits per heavy atom. The van der Waals surface area contributed by atoms with Gasteiger partial charge in [-0.15, -0.1) is 0 Å². The molecule has 1 fully saturated rings.